The number of hydrogen-bond acceptors (Lipinski definition) is 3. The fourth-order valence-electron chi connectivity index (χ4n) is 2.45. The van der Waals surface area contributed by atoms with Crippen LogP contribution in [-0.2, 0) is 4.79 Å². The molecule has 0 radical (unpaired) electrons. The van der Waals surface area contributed by atoms with Crippen LogP contribution in [0.2, 0.25) is 0 Å². The maximum atomic E-state index is 11.6. The van der Waals surface area contributed by atoms with E-state index >= 15 is 0 Å². The second kappa shape index (κ2) is 7.27. The molecule has 0 aliphatic heterocycles. The van der Waals surface area contributed by atoms with Crippen LogP contribution >= 0.6 is 0 Å². The highest BCUT2D eigenvalue weighted by Crippen LogP contribution is 2.27. The number of carbonyl (C=O) groups excluding carboxylic acids is 1. The van der Waals surface area contributed by atoms with Crippen LogP contribution in [0, 0.1) is 5.92 Å². The van der Waals surface area contributed by atoms with E-state index in [4.69, 9.17) is 4.74 Å². The Morgan fingerprint density at radius 2 is 1.95 bits per heavy atom. The van der Waals surface area contributed by atoms with Gasteiger partial charge in [-0.25, -0.2) is 0 Å². The van der Waals surface area contributed by atoms with Crippen LogP contribution in [0.25, 0.3) is 10.8 Å². The van der Waals surface area contributed by atoms with E-state index in [0.29, 0.717) is 19.7 Å². The van der Waals surface area contributed by atoms with Gasteiger partial charge in [-0.2, -0.15) is 0 Å². The highest BCUT2D eigenvalue weighted by molar-refractivity contribution is 5.88. The number of amides is 1. The molecule has 1 aliphatic carbocycles. The van der Waals surface area contributed by atoms with Gasteiger partial charge in [0.05, 0.1) is 13.1 Å². The molecule has 0 saturated heterocycles. The minimum absolute atomic E-state index is 0.0298. The normalized spacial score (nSPS) is 14.0. The number of carbonyl (C=O) groups is 1. The summed E-state index contributed by atoms with van der Waals surface area (Å²) in [5.74, 6) is 1.68. The Hall–Kier alpha value is -2.07. The molecular formula is C18H22N2O2. The third kappa shape index (κ3) is 4.21. The number of benzene rings is 2. The molecule has 4 nitrogen and oxygen atoms in total. The van der Waals surface area contributed by atoms with Gasteiger partial charge in [0.25, 0.3) is 0 Å². The van der Waals surface area contributed by atoms with Gasteiger partial charge in [-0.05, 0) is 36.8 Å². The van der Waals surface area contributed by atoms with Gasteiger partial charge in [-0.1, -0.05) is 36.4 Å². The van der Waals surface area contributed by atoms with Gasteiger partial charge in [0.2, 0.25) is 5.91 Å². The molecule has 4 heteroatoms. The second-order valence-corrected chi connectivity index (χ2v) is 5.75. The van der Waals surface area contributed by atoms with Gasteiger partial charge >= 0.3 is 0 Å². The van der Waals surface area contributed by atoms with Crippen molar-refractivity contribution >= 4 is 16.7 Å². The topological polar surface area (TPSA) is 50.4 Å². The Bertz CT molecular complexity index is 633. The summed E-state index contributed by atoms with van der Waals surface area (Å²) in [5, 5.41) is 8.31. The van der Waals surface area contributed by atoms with Crippen molar-refractivity contribution in [1.82, 2.24) is 10.6 Å². The summed E-state index contributed by atoms with van der Waals surface area (Å²) in [4.78, 5) is 11.6. The highest BCUT2D eigenvalue weighted by Gasteiger charge is 2.20. The predicted molar refractivity (Wildman–Crippen MR) is 88.0 cm³/mol. The van der Waals surface area contributed by atoms with Crippen molar-refractivity contribution in [1.29, 1.82) is 0 Å². The van der Waals surface area contributed by atoms with E-state index in [-0.39, 0.29) is 5.91 Å². The molecule has 2 aromatic rings. The fraction of sp³-hybridized carbons (Fsp3) is 0.389. The summed E-state index contributed by atoms with van der Waals surface area (Å²) in [7, 11) is 0. The number of hydrogen-bond donors (Lipinski definition) is 2. The van der Waals surface area contributed by atoms with E-state index in [1.54, 1.807) is 0 Å². The summed E-state index contributed by atoms with van der Waals surface area (Å²) in [6.45, 7) is 2.35. The largest absolute Gasteiger partial charge is 0.491 e. The fourth-order valence-corrected chi connectivity index (χ4v) is 2.45. The molecule has 22 heavy (non-hydrogen) atoms. The SMILES string of the molecule is O=C(CNCC1CC1)NCCOc1cccc2ccccc12. The average molecular weight is 298 g/mol. The van der Waals surface area contributed by atoms with E-state index in [1.807, 2.05) is 30.3 Å². The van der Waals surface area contributed by atoms with Gasteiger partial charge in [-0.15, -0.1) is 0 Å². The molecule has 0 unspecified atom stereocenters. The monoisotopic (exact) mass is 298 g/mol. The minimum atomic E-state index is 0.0298. The number of rotatable bonds is 8. The molecule has 1 saturated carbocycles. The first kappa shape index (κ1) is 14.9. The maximum Gasteiger partial charge on any atom is 0.234 e. The molecule has 2 aromatic carbocycles. The third-order valence-electron chi connectivity index (χ3n) is 3.85. The summed E-state index contributed by atoms with van der Waals surface area (Å²) in [5.41, 5.74) is 0. The standard InChI is InChI=1S/C18H22N2O2/c21-18(13-19-12-14-8-9-14)20-10-11-22-17-7-3-5-15-4-1-2-6-16(15)17/h1-7,14,19H,8-13H2,(H,20,21). The van der Waals surface area contributed by atoms with Crippen LogP contribution in [0.1, 0.15) is 12.8 Å². The Balaban J connectivity index is 1.39. The Morgan fingerprint density at radius 1 is 1.14 bits per heavy atom. The lowest BCUT2D eigenvalue weighted by Gasteiger charge is -2.10. The van der Waals surface area contributed by atoms with Crippen molar-refractivity contribution in [2.24, 2.45) is 5.92 Å². The Morgan fingerprint density at radius 3 is 2.82 bits per heavy atom. The molecule has 0 aromatic heterocycles. The van der Waals surface area contributed by atoms with E-state index in [2.05, 4.69) is 22.8 Å². The zero-order chi connectivity index (χ0) is 15.2. The molecule has 0 spiro atoms. The van der Waals surface area contributed by atoms with Crippen LogP contribution in [0.4, 0.5) is 0 Å². The van der Waals surface area contributed by atoms with Crippen molar-refractivity contribution in [3.05, 3.63) is 42.5 Å². The van der Waals surface area contributed by atoms with Crippen molar-refractivity contribution in [3.63, 3.8) is 0 Å². The zero-order valence-electron chi connectivity index (χ0n) is 12.7. The number of fused-ring (bicyclic) bond motifs is 1. The van der Waals surface area contributed by atoms with Crippen molar-refractivity contribution in [2.45, 2.75) is 12.8 Å². The first-order valence-corrected chi connectivity index (χ1v) is 7.91. The molecule has 1 aliphatic rings. The highest BCUT2D eigenvalue weighted by atomic mass is 16.5. The smallest absolute Gasteiger partial charge is 0.234 e. The zero-order valence-corrected chi connectivity index (χ0v) is 12.7. The van der Waals surface area contributed by atoms with Crippen LogP contribution < -0.4 is 15.4 Å². The van der Waals surface area contributed by atoms with Crippen molar-refractivity contribution in [3.8, 4) is 5.75 Å². The van der Waals surface area contributed by atoms with Crippen molar-refractivity contribution in [2.75, 3.05) is 26.2 Å². The van der Waals surface area contributed by atoms with Crippen LogP contribution in [-0.4, -0.2) is 32.1 Å². The molecule has 116 valence electrons. The molecular weight excluding hydrogens is 276 g/mol. The lowest BCUT2D eigenvalue weighted by atomic mass is 10.1. The van der Waals surface area contributed by atoms with Crippen LogP contribution in [0.5, 0.6) is 5.75 Å². The van der Waals surface area contributed by atoms with Gasteiger partial charge in [0.1, 0.15) is 12.4 Å². The van der Waals surface area contributed by atoms with E-state index in [1.165, 1.54) is 12.8 Å². The summed E-state index contributed by atoms with van der Waals surface area (Å²) < 4.78 is 5.79. The van der Waals surface area contributed by atoms with Crippen LogP contribution in [0.3, 0.4) is 0 Å². The molecule has 0 atom stereocenters. The van der Waals surface area contributed by atoms with Gasteiger partial charge < -0.3 is 15.4 Å². The minimum Gasteiger partial charge on any atom is -0.491 e. The Kier molecular flexibility index (Phi) is 4.91. The third-order valence-corrected chi connectivity index (χ3v) is 3.85. The second-order valence-electron chi connectivity index (χ2n) is 5.75. The van der Waals surface area contributed by atoms with Crippen molar-refractivity contribution < 1.29 is 9.53 Å². The lowest BCUT2D eigenvalue weighted by Crippen LogP contribution is -2.36. The number of nitrogens with one attached hydrogen (secondary N) is 2. The molecule has 2 N–H and O–H groups in total. The molecule has 0 bridgehead atoms. The molecule has 1 amide bonds. The molecule has 3 rings (SSSR count). The van der Waals surface area contributed by atoms with Gasteiger partial charge in [0.15, 0.2) is 0 Å². The maximum absolute atomic E-state index is 11.6. The first-order valence-electron chi connectivity index (χ1n) is 7.91. The predicted octanol–water partition coefficient (Wildman–Crippen LogP) is 2.33. The van der Waals surface area contributed by atoms with E-state index in [0.717, 1.165) is 29.0 Å². The Labute approximate surface area is 130 Å². The summed E-state index contributed by atoms with van der Waals surface area (Å²) >= 11 is 0. The molecule has 1 fully saturated rings. The lowest BCUT2D eigenvalue weighted by molar-refractivity contribution is -0.120. The quantitative estimate of drug-likeness (QED) is 0.736. The van der Waals surface area contributed by atoms with Gasteiger partial charge in [-0.3, -0.25) is 4.79 Å². The summed E-state index contributed by atoms with van der Waals surface area (Å²) in [6, 6.07) is 14.1. The number of ether oxygens (including phenoxy) is 1. The average Bonchev–Trinajstić information content (AvgIpc) is 3.36. The summed E-state index contributed by atoms with van der Waals surface area (Å²) in [6.07, 6.45) is 2.60. The van der Waals surface area contributed by atoms with Gasteiger partial charge in [0, 0.05) is 5.39 Å². The van der Waals surface area contributed by atoms with E-state index < -0.39 is 0 Å². The molecule has 0 heterocycles. The van der Waals surface area contributed by atoms with E-state index in [9.17, 15) is 4.79 Å². The van der Waals surface area contributed by atoms with Crippen LogP contribution in [0.15, 0.2) is 42.5 Å². The first-order chi connectivity index (χ1) is 10.8.